The highest BCUT2D eigenvalue weighted by atomic mass is 79.9. The van der Waals surface area contributed by atoms with Crippen LogP contribution in [0, 0.1) is 0 Å². The summed E-state index contributed by atoms with van der Waals surface area (Å²) in [6.07, 6.45) is 5.15. The van der Waals surface area contributed by atoms with Crippen molar-refractivity contribution in [1.29, 1.82) is 0 Å². The Balaban J connectivity index is 1.92. The first-order valence-electron chi connectivity index (χ1n) is 6.31. The van der Waals surface area contributed by atoms with Crippen LogP contribution < -0.4 is 10.1 Å². The summed E-state index contributed by atoms with van der Waals surface area (Å²) in [5.74, 6) is 0.897. The van der Waals surface area contributed by atoms with Crippen molar-refractivity contribution in [3.05, 3.63) is 28.2 Å². The number of carbonyl (C=O) groups is 1. The first-order valence-corrected chi connectivity index (χ1v) is 7.10. The molecule has 18 heavy (non-hydrogen) atoms. The van der Waals surface area contributed by atoms with Crippen LogP contribution >= 0.6 is 15.9 Å². The second-order valence-electron chi connectivity index (χ2n) is 4.69. The van der Waals surface area contributed by atoms with E-state index >= 15 is 0 Å². The molecule has 1 N–H and O–H groups in total. The number of benzene rings is 1. The molecular weight excluding hydrogens is 294 g/mol. The Morgan fingerprint density at radius 2 is 2.17 bits per heavy atom. The number of methoxy groups -OCH3 is 1. The SMILES string of the molecule is COc1ccc(CC(=O)NC2CCCC2)cc1Br. The normalized spacial score (nSPS) is 15.7. The molecule has 0 saturated heterocycles. The Kier molecular flexibility index (Phi) is 4.64. The van der Waals surface area contributed by atoms with E-state index < -0.39 is 0 Å². The van der Waals surface area contributed by atoms with Gasteiger partial charge in [-0.25, -0.2) is 0 Å². The quantitative estimate of drug-likeness (QED) is 0.928. The minimum Gasteiger partial charge on any atom is -0.496 e. The van der Waals surface area contributed by atoms with Gasteiger partial charge in [-0.15, -0.1) is 0 Å². The maximum atomic E-state index is 11.9. The van der Waals surface area contributed by atoms with Gasteiger partial charge < -0.3 is 10.1 Å². The van der Waals surface area contributed by atoms with Crippen LogP contribution in [0.3, 0.4) is 0 Å². The van der Waals surface area contributed by atoms with Gasteiger partial charge in [0.05, 0.1) is 18.0 Å². The van der Waals surface area contributed by atoms with Gasteiger partial charge in [0.25, 0.3) is 0 Å². The largest absolute Gasteiger partial charge is 0.496 e. The molecule has 1 aromatic rings. The highest BCUT2D eigenvalue weighted by Gasteiger charge is 2.17. The average Bonchev–Trinajstić information content (AvgIpc) is 2.82. The monoisotopic (exact) mass is 311 g/mol. The molecule has 2 rings (SSSR count). The Labute approximate surface area is 116 Å². The predicted molar refractivity (Wildman–Crippen MR) is 74.8 cm³/mol. The number of halogens is 1. The van der Waals surface area contributed by atoms with E-state index in [1.165, 1.54) is 12.8 Å². The van der Waals surface area contributed by atoms with Gasteiger partial charge in [0.2, 0.25) is 5.91 Å². The van der Waals surface area contributed by atoms with Crippen LogP contribution in [0.25, 0.3) is 0 Å². The minimum absolute atomic E-state index is 0.110. The van der Waals surface area contributed by atoms with Crippen LogP contribution in [0.4, 0.5) is 0 Å². The number of nitrogens with one attached hydrogen (secondary N) is 1. The molecule has 1 aliphatic carbocycles. The van der Waals surface area contributed by atoms with E-state index in [0.29, 0.717) is 12.5 Å². The van der Waals surface area contributed by atoms with Gasteiger partial charge in [-0.2, -0.15) is 0 Å². The van der Waals surface area contributed by atoms with Gasteiger partial charge in [0.15, 0.2) is 0 Å². The summed E-state index contributed by atoms with van der Waals surface area (Å²) in [5.41, 5.74) is 0.998. The zero-order valence-electron chi connectivity index (χ0n) is 10.5. The summed E-state index contributed by atoms with van der Waals surface area (Å²) in [7, 11) is 1.63. The second kappa shape index (κ2) is 6.23. The summed E-state index contributed by atoms with van der Waals surface area (Å²) in [6, 6.07) is 6.13. The lowest BCUT2D eigenvalue weighted by Gasteiger charge is -2.12. The molecule has 4 heteroatoms. The summed E-state index contributed by atoms with van der Waals surface area (Å²) in [4.78, 5) is 11.9. The lowest BCUT2D eigenvalue weighted by molar-refractivity contribution is -0.121. The minimum atomic E-state index is 0.110. The van der Waals surface area contributed by atoms with Crippen molar-refractivity contribution in [2.24, 2.45) is 0 Å². The zero-order valence-corrected chi connectivity index (χ0v) is 12.1. The Morgan fingerprint density at radius 3 is 2.78 bits per heavy atom. The van der Waals surface area contributed by atoms with Crippen LogP contribution in [0.15, 0.2) is 22.7 Å². The molecule has 0 radical (unpaired) electrons. The smallest absolute Gasteiger partial charge is 0.224 e. The molecule has 0 aliphatic heterocycles. The maximum Gasteiger partial charge on any atom is 0.224 e. The van der Waals surface area contributed by atoms with Crippen LogP contribution in [-0.4, -0.2) is 19.1 Å². The topological polar surface area (TPSA) is 38.3 Å². The second-order valence-corrected chi connectivity index (χ2v) is 5.55. The Hall–Kier alpha value is -1.03. The number of amides is 1. The zero-order chi connectivity index (χ0) is 13.0. The number of hydrogen-bond donors (Lipinski definition) is 1. The van der Waals surface area contributed by atoms with E-state index in [2.05, 4.69) is 21.2 Å². The van der Waals surface area contributed by atoms with E-state index in [-0.39, 0.29) is 5.91 Å². The molecule has 0 heterocycles. The summed E-state index contributed by atoms with van der Waals surface area (Å²) < 4.78 is 6.05. The van der Waals surface area contributed by atoms with Gasteiger partial charge in [-0.1, -0.05) is 18.9 Å². The number of ether oxygens (including phenoxy) is 1. The fraction of sp³-hybridized carbons (Fsp3) is 0.500. The summed E-state index contributed by atoms with van der Waals surface area (Å²) >= 11 is 3.43. The average molecular weight is 312 g/mol. The van der Waals surface area contributed by atoms with E-state index in [1.807, 2.05) is 18.2 Å². The van der Waals surface area contributed by atoms with Gasteiger partial charge in [-0.3, -0.25) is 4.79 Å². The molecule has 3 nitrogen and oxygen atoms in total. The fourth-order valence-corrected chi connectivity index (χ4v) is 2.94. The van der Waals surface area contributed by atoms with Gasteiger partial charge in [-0.05, 0) is 46.5 Å². The van der Waals surface area contributed by atoms with Crippen LogP contribution in [0.1, 0.15) is 31.2 Å². The van der Waals surface area contributed by atoms with Gasteiger partial charge >= 0.3 is 0 Å². The molecule has 0 bridgehead atoms. The molecule has 0 aromatic heterocycles. The summed E-state index contributed by atoms with van der Waals surface area (Å²) in [5, 5.41) is 3.09. The molecule has 1 aromatic carbocycles. The highest BCUT2D eigenvalue weighted by molar-refractivity contribution is 9.10. The first-order chi connectivity index (χ1) is 8.69. The van der Waals surface area contributed by atoms with E-state index in [4.69, 9.17) is 4.74 Å². The molecule has 0 atom stereocenters. The van der Waals surface area contributed by atoms with Crippen molar-refractivity contribution < 1.29 is 9.53 Å². The van der Waals surface area contributed by atoms with Crippen molar-refractivity contribution in [3.8, 4) is 5.75 Å². The standard InChI is InChI=1S/C14H18BrNO2/c1-18-13-7-6-10(8-12(13)15)9-14(17)16-11-4-2-3-5-11/h6-8,11H,2-5,9H2,1H3,(H,16,17). The molecule has 1 saturated carbocycles. The van der Waals surface area contributed by atoms with E-state index in [9.17, 15) is 4.79 Å². The lowest BCUT2D eigenvalue weighted by atomic mass is 10.1. The van der Waals surface area contributed by atoms with Crippen LogP contribution in [0.2, 0.25) is 0 Å². The predicted octanol–water partition coefficient (Wildman–Crippen LogP) is 3.06. The number of hydrogen-bond acceptors (Lipinski definition) is 2. The van der Waals surface area contributed by atoms with E-state index in [1.54, 1.807) is 7.11 Å². The van der Waals surface area contributed by atoms with Crippen molar-refractivity contribution in [2.45, 2.75) is 38.1 Å². The number of rotatable bonds is 4. The van der Waals surface area contributed by atoms with Crippen molar-refractivity contribution in [1.82, 2.24) is 5.32 Å². The third-order valence-corrected chi connectivity index (χ3v) is 3.92. The number of carbonyl (C=O) groups excluding carboxylic acids is 1. The van der Waals surface area contributed by atoms with Gasteiger partial charge in [0, 0.05) is 6.04 Å². The molecule has 1 aliphatic rings. The summed E-state index contributed by atoms with van der Waals surface area (Å²) in [6.45, 7) is 0. The van der Waals surface area contributed by atoms with Crippen LogP contribution in [0.5, 0.6) is 5.75 Å². The molecule has 1 fully saturated rings. The molecule has 1 amide bonds. The van der Waals surface area contributed by atoms with Crippen molar-refractivity contribution >= 4 is 21.8 Å². The maximum absolute atomic E-state index is 11.9. The third kappa shape index (κ3) is 3.48. The highest BCUT2D eigenvalue weighted by Crippen LogP contribution is 2.25. The van der Waals surface area contributed by atoms with Crippen molar-refractivity contribution in [3.63, 3.8) is 0 Å². The third-order valence-electron chi connectivity index (χ3n) is 3.30. The fourth-order valence-electron chi connectivity index (χ4n) is 2.35. The molecule has 0 unspecified atom stereocenters. The van der Waals surface area contributed by atoms with Gasteiger partial charge in [0.1, 0.15) is 5.75 Å². The molecule has 0 spiro atoms. The van der Waals surface area contributed by atoms with Crippen molar-refractivity contribution in [2.75, 3.05) is 7.11 Å². The lowest BCUT2D eigenvalue weighted by Crippen LogP contribution is -2.33. The van der Waals surface area contributed by atoms with E-state index in [0.717, 1.165) is 28.6 Å². The van der Waals surface area contributed by atoms with Crippen LogP contribution in [-0.2, 0) is 11.2 Å². The molecule has 98 valence electrons. The first kappa shape index (κ1) is 13.4. The Morgan fingerprint density at radius 1 is 1.44 bits per heavy atom. The Bertz CT molecular complexity index is 428. The molecular formula is C14H18BrNO2.